The summed E-state index contributed by atoms with van der Waals surface area (Å²) in [7, 11) is 0. The van der Waals surface area contributed by atoms with Gasteiger partial charge in [0.05, 0.1) is 5.92 Å². The number of nitrogens with zero attached hydrogens (tertiary/aromatic N) is 1. The molecule has 4 nitrogen and oxygen atoms in total. The van der Waals surface area contributed by atoms with E-state index in [9.17, 15) is 4.79 Å². The fraction of sp³-hybridized carbons (Fsp3) is 0.933. The van der Waals surface area contributed by atoms with Gasteiger partial charge in [0.2, 0.25) is 5.91 Å². The number of carbonyl (C=O) groups is 1. The summed E-state index contributed by atoms with van der Waals surface area (Å²) in [6, 6.07) is 0.571. The van der Waals surface area contributed by atoms with Crippen molar-refractivity contribution in [3.8, 4) is 0 Å². The van der Waals surface area contributed by atoms with Crippen LogP contribution in [-0.4, -0.2) is 42.5 Å². The monoisotopic (exact) mass is 265 g/mol. The smallest absolute Gasteiger partial charge is 0.225 e. The Balaban J connectivity index is 1.48. The van der Waals surface area contributed by atoms with E-state index in [0.29, 0.717) is 17.9 Å². The van der Waals surface area contributed by atoms with Crippen molar-refractivity contribution in [2.24, 2.45) is 23.5 Å². The van der Waals surface area contributed by atoms with Gasteiger partial charge in [-0.05, 0) is 64.0 Å². The van der Waals surface area contributed by atoms with Crippen LogP contribution >= 0.6 is 0 Å². The van der Waals surface area contributed by atoms with Gasteiger partial charge in [-0.25, -0.2) is 0 Å². The van der Waals surface area contributed by atoms with Crippen molar-refractivity contribution in [2.45, 2.75) is 51.1 Å². The molecule has 2 saturated carbocycles. The van der Waals surface area contributed by atoms with Crippen molar-refractivity contribution in [3.05, 3.63) is 0 Å². The normalized spacial score (nSPS) is 39.7. The number of likely N-dealkylation sites (tertiary alicyclic amines) is 1. The minimum atomic E-state index is 0.0875. The molecule has 5 unspecified atom stereocenters. The molecule has 5 atom stereocenters. The molecule has 4 heteroatoms. The molecule has 3 rings (SSSR count). The summed E-state index contributed by atoms with van der Waals surface area (Å²) in [5.74, 6) is 1.47. The Hall–Kier alpha value is -0.610. The van der Waals surface area contributed by atoms with Crippen LogP contribution in [0.1, 0.15) is 39.0 Å². The summed E-state index contributed by atoms with van der Waals surface area (Å²) in [6.45, 7) is 5.36. The van der Waals surface area contributed by atoms with E-state index < -0.39 is 0 Å². The average molecular weight is 265 g/mol. The quantitative estimate of drug-likeness (QED) is 0.796. The van der Waals surface area contributed by atoms with Crippen molar-refractivity contribution < 1.29 is 4.79 Å². The van der Waals surface area contributed by atoms with E-state index in [1.165, 1.54) is 45.2 Å². The van der Waals surface area contributed by atoms with Gasteiger partial charge in [0.25, 0.3) is 0 Å². The number of carbonyl (C=O) groups excluding carboxylic acids is 1. The fourth-order valence-corrected chi connectivity index (χ4v) is 4.40. The van der Waals surface area contributed by atoms with Crippen LogP contribution in [0.5, 0.6) is 0 Å². The molecule has 1 saturated heterocycles. The van der Waals surface area contributed by atoms with Gasteiger partial charge in [-0.2, -0.15) is 0 Å². The third-order valence-corrected chi connectivity index (χ3v) is 5.62. The van der Waals surface area contributed by atoms with Gasteiger partial charge in [0.15, 0.2) is 0 Å². The lowest BCUT2D eigenvalue weighted by Gasteiger charge is -2.29. The zero-order chi connectivity index (χ0) is 13.4. The first-order valence-corrected chi connectivity index (χ1v) is 7.94. The molecule has 0 radical (unpaired) electrons. The Morgan fingerprint density at radius 1 is 1.32 bits per heavy atom. The van der Waals surface area contributed by atoms with E-state index in [1.54, 1.807) is 0 Å². The van der Waals surface area contributed by atoms with Gasteiger partial charge in [-0.15, -0.1) is 0 Å². The molecular formula is C15H27N3O. The zero-order valence-corrected chi connectivity index (χ0v) is 12.0. The van der Waals surface area contributed by atoms with E-state index >= 15 is 0 Å². The number of nitrogens with one attached hydrogen (secondary N) is 1. The molecule has 0 spiro atoms. The van der Waals surface area contributed by atoms with Crippen LogP contribution < -0.4 is 11.1 Å². The van der Waals surface area contributed by atoms with E-state index in [-0.39, 0.29) is 17.9 Å². The van der Waals surface area contributed by atoms with Gasteiger partial charge in [-0.3, -0.25) is 9.69 Å². The highest BCUT2D eigenvalue weighted by Gasteiger charge is 2.48. The largest absolute Gasteiger partial charge is 0.354 e. The number of nitrogens with two attached hydrogens (primary N) is 1. The predicted molar refractivity (Wildman–Crippen MR) is 75.6 cm³/mol. The highest BCUT2D eigenvalue weighted by atomic mass is 16.2. The highest BCUT2D eigenvalue weighted by molar-refractivity contribution is 5.80. The van der Waals surface area contributed by atoms with Crippen LogP contribution in [0, 0.1) is 17.8 Å². The topological polar surface area (TPSA) is 58.4 Å². The molecule has 3 fully saturated rings. The van der Waals surface area contributed by atoms with Crippen LogP contribution in [0.25, 0.3) is 0 Å². The van der Waals surface area contributed by atoms with E-state index in [2.05, 4.69) is 17.1 Å². The first-order valence-electron chi connectivity index (χ1n) is 7.94. The van der Waals surface area contributed by atoms with E-state index in [4.69, 9.17) is 5.73 Å². The first kappa shape index (κ1) is 13.4. The third-order valence-electron chi connectivity index (χ3n) is 5.62. The lowest BCUT2D eigenvalue weighted by atomic mass is 9.84. The van der Waals surface area contributed by atoms with Gasteiger partial charge in [0, 0.05) is 18.6 Å². The molecule has 1 heterocycles. The Kier molecular flexibility index (Phi) is 3.81. The van der Waals surface area contributed by atoms with E-state index in [1.807, 2.05) is 0 Å². The second-order valence-electron chi connectivity index (χ2n) is 6.77. The summed E-state index contributed by atoms with van der Waals surface area (Å²) in [5.41, 5.74) is 6.22. The molecule has 19 heavy (non-hydrogen) atoms. The summed E-state index contributed by atoms with van der Waals surface area (Å²) in [6.07, 6.45) is 6.23. The Labute approximate surface area is 116 Å². The maximum atomic E-state index is 12.4. The van der Waals surface area contributed by atoms with Crippen molar-refractivity contribution in [2.75, 3.05) is 19.6 Å². The molecule has 3 N–H and O–H groups in total. The van der Waals surface area contributed by atoms with Crippen molar-refractivity contribution >= 4 is 5.91 Å². The lowest BCUT2D eigenvalue weighted by molar-refractivity contribution is -0.127. The lowest BCUT2D eigenvalue weighted by Crippen LogP contribution is -2.48. The predicted octanol–water partition coefficient (Wildman–Crippen LogP) is 0.960. The number of hydrogen-bond donors (Lipinski definition) is 2. The first-order chi connectivity index (χ1) is 9.16. The molecule has 2 bridgehead atoms. The van der Waals surface area contributed by atoms with Crippen LogP contribution in [0.4, 0.5) is 0 Å². The van der Waals surface area contributed by atoms with Gasteiger partial charge in [0.1, 0.15) is 0 Å². The molecule has 2 aliphatic carbocycles. The standard InChI is InChI=1S/C15H27N3O/c1-10(18-6-2-3-7-18)9-17-15(19)13-11-4-5-12(8-11)14(13)16/h10-14H,2-9,16H2,1H3,(H,17,19). The molecule has 0 aromatic carbocycles. The van der Waals surface area contributed by atoms with Crippen LogP contribution in [0.2, 0.25) is 0 Å². The summed E-state index contributed by atoms with van der Waals surface area (Å²) in [4.78, 5) is 14.8. The third kappa shape index (κ3) is 2.52. The minimum absolute atomic E-state index is 0.0875. The number of hydrogen-bond acceptors (Lipinski definition) is 3. The van der Waals surface area contributed by atoms with Gasteiger partial charge in [-0.1, -0.05) is 0 Å². The molecule has 1 aliphatic heterocycles. The minimum Gasteiger partial charge on any atom is -0.354 e. The maximum Gasteiger partial charge on any atom is 0.225 e. The Morgan fingerprint density at radius 2 is 2.00 bits per heavy atom. The molecule has 0 aromatic rings. The SMILES string of the molecule is CC(CNC(=O)C1C2CCC(C2)C1N)N1CCCC1. The molecular weight excluding hydrogens is 238 g/mol. The molecule has 108 valence electrons. The summed E-state index contributed by atoms with van der Waals surface area (Å²) in [5, 5.41) is 3.16. The van der Waals surface area contributed by atoms with Crippen molar-refractivity contribution in [1.82, 2.24) is 10.2 Å². The van der Waals surface area contributed by atoms with Gasteiger partial charge < -0.3 is 11.1 Å². The van der Waals surface area contributed by atoms with Crippen LogP contribution in [0.3, 0.4) is 0 Å². The average Bonchev–Trinajstić information content (AvgIpc) is 3.11. The van der Waals surface area contributed by atoms with Crippen molar-refractivity contribution in [1.29, 1.82) is 0 Å². The van der Waals surface area contributed by atoms with Crippen LogP contribution in [-0.2, 0) is 4.79 Å². The van der Waals surface area contributed by atoms with Crippen LogP contribution in [0.15, 0.2) is 0 Å². The zero-order valence-electron chi connectivity index (χ0n) is 12.0. The Morgan fingerprint density at radius 3 is 2.63 bits per heavy atom. The van der Waals surface area contributed by atoms with Crippen molar-refractivity contribution in [3.63, 3.8) is 0 Å². The number of fused-ring (bicyclic) bond motifs is 2. The fourth-order valence-electron chi connectivity index (χ4n) is 4.40. The number of rotatable bonds is 4. The summed E-state index contributed by atoms with van der Waals surface area (Å²) >= 11 is 0. The Bertz CT molecular complexity index is 338. The van der Waals surface area contributed by atoms with E-state index in [0.717, 1.165) is 6.54 Å². The molecule has 3 aliphatic rings. The number of amides is 1. The maximum absolute atomic E-state index is 12.4. The molecule has 1 amide bonds. The highest BCUT2D eigenvalue weighted by Crippen LogP contribution is 2.47. The van der Waals surface area contributed by atoms with Gasteiger partial charge >= 0.3 is 0 Å². The molecule has 0 aromatic heterocycles. The second kappa shape index (κ2) is 5.41. The second-order valence-corrected chi connectivity index (χ2v) is 6.77. The summed E-state index contributed by atoms with van der Waals surface area (Å²) < 4.78 is 0.